The van der Waals surface area contributed by atoms with Crippen LogP contribution >= 0.6 is 11.3 Å². The van der Waals surface area contributed by atoms with Crippen LogP contribution in [0.25, 0.3) is 10.6 Å². The van der Waals surface area contributed by atoms with Crippen molar-refractivity contribution < 1.29 is 18.8 Å². The molecule has 2 aromatic heterocycles. The van der Waals surface area contributed by atoms with Gasteiger partial charge in [-0.3, -0.25) is 10.1 Å². The van der Waals surface area contributed by atoms with Gasteiger partial charge < -0.3 is 14.0 Å². The summed E-state index contributed by atoms with van der Waals surface area (Å²) < 4.78 is 15.6. The zero-order valence-electron chi connectivity index (χ0n) is 13.2. The number of anilines is 1. The number of ether oxygens (including phenoxy) is 2. The number of carbonyl (C=O) groups excluding carboxylic acids is 1. The number of nitrogens with one attached hydrogen (secondary N) is 1. The third kappa shape index (κ3) is 3.57. The van der Waals surface area contributed by atoms with E-state index in [1.54, 1.807) is 43.8 Å². The first-order valence-electron chi connectivity index (χ1n) is 7.21. The highest BCUT2D eigenvalue weighted by atomic mass is 32.1. The Balaban J connectivity index is 1.65. The number of methoxy groups -OCH3 is 2. The molecule has 0 unspecified atom stereocenters. The molecule has 0 saturated heterocycles. The average Bonchev–Trinajstić information content (AvgIpc) is 3.25. The molecule has 0 bridgehead atoms. The van der Waals surface area contributed by atoms with Crippen molar-refractivity contribution in [1.29, 1.82) is 0 Å². The summed E-state index contributed by atoms with van der Waals surface area (Å²) in [5.74, 6) is 1.33. The fraction of sp³-hybridized carbons (Fsp3) is 0.176. The van der Waals surface area contributed by atoms with E-state index in [0.29, 0.717) is 23.1 Å². The van der Waals surface area contributed by atoms with Crippen LogP contribution in [-0.2, 0) is 11.2 Å². The van der Waals surface area contributed by atoms with Crippen LogP contribution in [0.5, 0.6) is 11.5 Å². The van der Waals surface area contributed by atoms with Crippen molar-refractivity contribution in [1.82, 2.24) is 5.16 Å². The first-order chi connectivity index (χ1) is 11.7. The largest absolute Gasteiger partial charge is 0.493 e. The lowest BCUT2D eigenvalue weighted by Crippen LogP contribution is -2.14. The third-order valence-corrected chi connectivity index (χ3v) is 4.25. The van der Waals surface area contributed by atoms with E-state index in [4.69, 9.17) is 14.0 Å². The van der Waals surface area contributed by atoms with Crippen LogP contribution in [0.4, 0.5) is 5.88 Å². The lowest BCUT2D eigenvalue weighted by Gasteiger charge is -2.09. The number of carbonyl (C=O) groups is 1. The van der Waals surface area contributed by atoms with Crippen molar-refractivity contribution in [3.63, 3.8) is 0 Å². The second-order valence-electron chi connectivity index (χ2n) is 4.97. The maximum absolute atomic E-state index is 12.2. The Kier molecular flexibility index (Phi) is 4.81. The van der Waals surface area contributed by atoms with Gasteiger partial charge >= 0.3 is 0 Å². The quantitative estimate of drug-likeness (QED) is 0.739. The topological polar surface area (TPSA) is 73.6 Å². The molecule has 6 nitrogen and oxygen atoms in total. The highest BCUT2D eigenvalue weighted by Crippen LogP contribution is 2.28. The predicted octanol–water partition coefficient (Wildman–Crippen LogP) is 3.60. The Morgan fingerprint density at radius 1 is 1.21 bits per heavy atom. The number of hydrogen-bond acceptors (Lipinski definition) is 6. The van der Waals surface area contributed by atoms with Crippen molar-refractivity contribution in [3.8, 4) is 22.1 Å². The Morgan fingerprint density at radius 3 is 2.75 bits per heavy atom. The summed E-state index contributed by atoms with van der Waals surface area (Å²) in [5.41, 5.74) is 1.51. The van der Waals surface area contributed by atoms with Gasteiger partial charge in [-0.25, -0.2) is 0 Å². The van der Waals surface area contributed by atoms with E-state index >= 15 is 0 Å². The minimum atomic E-state index is -0.198. The average molecular weight is 344 g/mol. The highest BCUT2D eigenvalue weighted by molar-refractivity contribution is 7.13. The van der Waals surface area contributed by atoms with Crippen LogP contribution in [0.2, 0.25) is 0 Å². The molecule has 0 atom stereocenters. The van der Waals surface area contributed by atoms with Gasteiger partial charge in [-0.1, -0.05) is 17.3 Å². The minimum absolute atomic E-state index is 0.190. The molecule has 0 aliphatic heterocycles. The first-order valence-corrected chi connectivity index (χ1v) is 8.09. The highest BCUT2D eigenvalue weighted by Gasteiger charge is 2.12. The molecule has 1 aromatic carbocycles. The maximum Gasteiger partial charge on any atom is 0.231 e. The summed E-state index contributed by atoms with van der Waals surface area (Å²) in [7, 11) is 3.13. The Labute approximate surface area is 143 Å². The number of thiophene rings is 1. The molecule has 7 heteroatoms. The van der Waals surface area contributed by atoms with Crippen molar-refractivity contribution in [2.75, 3.05) is 19.5 Å². The lowest BCUT2D eigenvalue weighted by atomic mass is 10.1. The molecule has 0 aliphatic carbocycles. The Morgan fingerprint density at radius 2 is 2.04 bits per heavy atom. The maximum atomic E-state index is 12.2. The second-order valence-corrected chi connectivity index (χ2v) is 5.92. The van der Waals surface area contributed by atoms with E-state index in [-0.39, 0.29) is 12.3 Å². The van der Waals surface area contributed by atoms with Gasteiger partial charge in [-0.15, -0.1) is 11.3 Å². The molecule has 3 rings (SSSR count). The second kappa shape index (κ2) is 7.18. The Bertz CT molecular complexity index is 827. The van der Waals surface area contributed by atoms with Gasteiger partial charge in [-0.2, -0.15) is 0 Å². The molecule has 0 saturated carbocycles. The molecular formula is C17H16N2O4S. The Hall–Kier alpha value is -2.80. The number of hydrogen-bond donors (Lipinski definition) is 1. The zero-order chi connectivity index (χ0) is 16.9. The summed E-state index contributed by atoms with van der Waals surface area (Å²) in [5, 5.41) is 8.61. The van der Waals surface area contributed by atoms with E-state index < -0.39 is 0 Å². The van der Waals surface area contributed by atoms with Gasteiger partial charge in [-0.05, 0) is 29.1 Å². The fourth-order valence-corrected chi connectivity index (χ4v) is 2.91. The molecule has 0 aliphatic rings. The van der Waals surface area contributed by atoms with Gasteiger partial charge in [0.15, 0.2) is 11.5 Å². The van der Waals surface area contributed by atoms with Gasteiger partial charge in [0, 0.05) is 6.07 Å². The molecule has 3 aromatic rings. The van der Waals surface area contributed by atoms with E-state index in [1.165, 1.54) is 0 Å². The smallest absolute Gasteiger partial charge is 0.231 e. The molecule has 1 amide bonds. The number of nitrogens with zero attached hydrogens (tertiary/aromatic N) is 1. The van der Waals surface area contributed by atoms with E-state index in [9.17, 15) is 4.79 Å². The van der Waals surface area contributed by atoms with Crippen LogP contribution in [0, 0.1) is 0 Å². The van der Waals surface area contributed by atoms with E-state index in [1.807, 2.05) is 23.6 Å². The van der Waals surface area contributed by atoms with Gasteiger partial charge in [0.05, 0.1) is 25.5 Å². The molecule has 1 N–H and O–H groups in total. The lowest BCUT2D eigenvalue weighted by molar-refractivity contribution is -0.115. The van der Waals surface area contributed by atoms with Crippen LogP contribution in [0.1, 0.15) is 5.56 Å². The number of amides is 1. The van der Waals surface area contributed by atoms with Crippen LogP contribution in [0.3, 0.4) is 0 Å². The van der Waals surface area contributed by atoms with Crippen molar-refractivity contribution >= 4 is 23.1 Å². The molecule has 0 radical (unpaired) electrons. The molecule has 24 heavy (non-hydrogen) atoms. The van der Waals surface area contributed by atoms with Crippen molar-refractivity contribution in [2.45, 2.75) is 6.42 Å². The van der Waals surface area contributed by atoms with Crippen molar-refractivity contribution in [2.24, 2.45) is 0 Å². The van der Waals surface area contributed by atoms with Crippen molar-refractivity contribution in [3.05, 3.63) is 47.3 Å². The molecule has 124 valence electrons. The zero-order valence-corrected chi connectivity index (χ0v) is 14.1. The molecule has 0 spiro atoms. The monoisotopic (exact) mass is 344 g/mol. The van der Waals surface area contributed by atoms with Crippen LogP contribution in [0.15, 0.2) is 46.3 Å². The number of rotatable bonds is 6. The third-order valence-electron chi connectivity index (χ3n) is 3.36. The number of aromatic nitrogens is 1. The standard InChI is InChI=1S/C17H16N2O4S/c1-21-13-6-5-11(8-14(13)22-2)9-16(20)18-17-10-12(19-23-17)15-4-3-7-24-15/h3-8,10H,9H2,1-2H3,(H,18,20). The van der Waals surface area contributed by atoms with E-state index in [0.717, 1.165) is 10.4 Å². The number of benzene rings is 1. The fourth-order valence-electron chi connectivity index (χ4n) is 2.23. The molecular weight excluding hydrogens is 328 g/mol. The van der Waals surface area contributed by atoms with Crippen LogP contribution in [-0.4, -0.2) is 25.3 Å². The van der Waals surface area contributed by atoms with E-state index in [2.05, 4.69) is 10.5 Å². The summed E-state index contributed by atoms with van der Waals surface area (Å²) >= 11 is 1.56. The summed E-state index contributed by atoms with van der Waals surface area (Å²) in [6.07, 6.45) is 0.190. The SMILES string of the molecule is COc1ccc(CC(=O)Nc2cc(-c3cccs3)no2)cc1OC. The first kappa shape index (κ1) is 16.1. The van der Waals surface area contributed by atoms with Gasteiger partial charge in [0.2, 0.25) is 11.8 Å². The van der Waals surface area contributed by atoms with Crippen LogP contribution < -0.4 is 14.8 Å². The van der Waals surface area contributed by atoms with Gasteiger partial charge in [0.25, 0.3) is 0 Å². The summed E-state index contributed by atoms with van der Waals surface area (Å²) in [6, 6.07) is 10.9. The predicted molar refractivity (Wildman–Crippen MR) is 91.7 cm³/mol. The minimum Gasteiger partial charge on any atom is -0.493 e. The van der Waals surface area contributed by atoms with Gasteiger partial charge in [0.1, 0.15) is 5.69 Å². The molecule has 0 fully saturated rings. The normalized spacial score (nSPS) is 10.4. The summed E-state index contributed by atoms with van der Waals surface area (Å²) in [4.78, 5) is 13.1. The summed E-state index contributed by atoms with van der Waals surface area (Å²) in [6.45, 7) is 0. The molecule has 2 heterocycles.